The van der Waals surface area contributed by atoms with E-state index < -0.39 is 17.0 Å². The molecule has 3 atom stereocenters. The van der Waals surface area contributed by atoms with E-state index in [2.05, 4.69) is 20.2 Å². The van der Waals surface area contributed by atoms with E-state index in [9.17, 15) is 13.6 Å². The van der Waals surface area contributed by atoms with Crippen molar-refractivity contribution in [1.82, 2.24) is 15.3 Å². The van der Waals surface area contributed by atoms with Gasteiger partial charge in [-0.1, -0.05) is 12.2 Å². The maximum atomic E-state index is 13.9. The van der Waals surface area contributed by atoms with Crippen LogP contribution in [0, 0.1) is 23.0 Å². The second kappa shape index (κ2) is 11.0. The zero-order valence-electron chi connectivity index (χ0n) is 21.6. The number of piperidine rings is 1. The van der Waals surface area contributed by atoms with E-state index in [0.717, 1.165) is 60.4 Å². The van der Waals surface area contributed by atoms with Crippen molar-refractivity contribution in [2.24, 2.45) is 11.3 Å². The number of ether oxygens (including phenoxy) is 2. The molecule has 2 aliphatic rings. The summed E-state index contributed by atoms with van der Waals surface area (Å²) in [5.74, 6) is 0.584. The maximum Gasteiger partial charge on any atom is 0.313 e. The molecule has 0 spiro atoms. The summed E-state index contributed by atoms with van der Waals surface area (Å²) in [6.45, 7) is 1.82. The van der Waals surface area contributed by atoms with Crippen LogP contribution in [0.15, 0.2) is 48.8 Å². The average Bonchev–Trinajstić information content (AvgIpc) is 2.95. The molecule has 2 heterocycles. The molecule has 1 aliphatic carbocycles. The van der Waals surface area contributed by atoms with Gasteiger partial charge in [-0.3, -0.25) is 4.79 Å². The van der Waals surface area contributed by atoms with Crippen molar-refractivity contribution in [2.45, 2.75) is 31.7 Å². The van der Waals surface area contributed by atoms with Crippen molar-refractivity contribution in [2.75, 3.05) is 38.8 Å². The summed E-state index contributed by atoms with van der Waals surface area (Å²) in [5.41, 5.74) is 0.425. The fraction of sp³-hybridized carbons (Fsp3) is 0.414. The maximum absolute atomic E-state index is 13.9. The van der Waals surface area contributed by atoms with Gasteiger partial charge in [0, 0.05) is 36.6 Å². The Balaban J connectivity index is 1.30. The Morgan fingerprint density at radius 3 is 2.87 bits per heavy atom. The molecule has 0 amide bonds. The van der Waals surface area contributed by atoms with E-state index >= 15 is 0 Å². The summed E-state index contributed by atoms with van der Waals surface area (Å²) in [6, 6.07) is 9.36. The van der Waals surface area contributed by atoms with E-state index in [0.29, 0.717) is 19.5 Å². The van der Waals surface area contributed by atoms with Crippen LogP contribution in [0.3, 0.4) is 0 Å². The number of hydrogen-bond donors (Lipinski definition) is 1. The Morgan fingerprint density at radius 1 is 1.18 bits per heavy atom. The molecule has 38 heavy (non-hydrogen) atoms. The Labute approximate surface area is 220 Å². The predicted molar refractivity (Wildman–Crippen MR) is 142 cm³/mol. The van der Waals surface area contributed by atoms with Gasteiger partial charge in [0.15, 0.2) is 0 Å². The van der Waals surface area contributed by atoms with Gasteiger partial charge >= 0.3 is 5.97 Å². The topological polar surface area (TPSA) is 76.6 Å². The minimum Gasteiger partial charge on any atom is -0.497 e. The zero-order chi connectivity index (χ0) is 26.7. The molecule has 1 N–H and O–H groups in total. The zero-order valence-corrected chi connectivity index (χ0v) is 21.6. The van der Waals surface area contributed by atoms with Crippen molar-refractivity contribution in [3.63, 3.8) is 0 Å². The highest BCUT2D eigenvalue weighted by Gasteiger charge is 2.53. The molecule has 2 fully saturated rings. The molecule has 200 valence electrons. The van der Waals surface area contributed by atoms with E-state index in [1.165, 1.54) is 13.2 Å². The first-order chi connectivity index (χ1) is 18.4. The Bertz CT molecular complexity index is 1350. The fourth-order valence-corrected chi connectivity index (χ4v) is 6.02. The van der Waals surface area contributed by atoms with Crippen LogP contribution in [0.2, 0.25) is 0 Å². The number of halogens is 2. The molecule has 9 heteroatoms. The number of nitrogens with zero attached hydrogens (tertiary/aromatic N) is 3. The lowest BCUT2D eigenvalue weighted by atomic mass is 9.61. The van der Waals surface area contributed by atoms with Crippen LogP contribution < -0.4 is 15.0 Å². The molecule has 1 saturated heterocycles. The van der Waals surface area contributed by atoms with Crippen LogP contribution in [0.1, 0.15) is 31.2 Å². The summed E-state index contributed by atoms with van der Waals surface area (Å²) in [4.78, 5) is 24.4. The second-order valence-electron chi connectivity index (χ2n) is 10.1. The molecule has 3 aromatic rings. The van der Waals surface area contributed by atoms with Gasteiger partial charge in [0.1, 0.15) is 29.5 Å². The van der Waals surface area contributed by atoms with Crippen molar-refractivity contribution in [1.29, 1.82) is 0 Å². The SMILES string of the molecule is COC(=O)C12CCC(NCC=Cc3cc(F)ccc3F)CC1CCN(c1ncnc3ccc(OC)cc13)C2. The molecule has 5 rings (SSSR count). The number of nitrogens with one attached hydrogen (secondary N) is 1. The molecular weight excluding hydrogens is 490 g/mol. The standard InChI is InChI=1S/C29H32F2N4O3/c1-37-23-6-8-26-24(16-23)27(34-18-33-26)35-13-10-20-15-22(9-11-29(20,17-35)28(36)38-2)32-12-3-4-19-14-21(30)5-7-25(19)31/h3-8,14,16,18,20,22,32H,9-13,15,17H2,1-2H3. The van der Waals surface area contributed by atoms with Gasteiger partial charge in [0.25, 0.3) is 0 Å². The van der Waals surface area contributed by atoms with Crippen LogP contribution in [-0.2, 0) is 9.53 Å². The number of carbonyl (C=O) groups excluding carboxylic acids is 1. The number of benzene rings is 2. The van der Waals surface area contributed by atoms with Gasteiger partial charge in [-0.05, 0) is 68.0 Å². The molecule has 0 radical (unpaired) electrons. The highest BCUT2D eigenvalue weighted by molar-refractivity contribution is 5.91. The molecule has 1 aliphatic heterocycles. The van der Waals surface area contributed by atoms with Crippen LogP contribution >= 0.6 is 0 Å². The van der Waals surface area contributed by atoms with Crippen molar-refractivity contribution in [3.8, 4) is 5.75 Å². The van der Waals surface area contributed by atoms with Crippen molar-refractivity contribution < 1.29 is 23.0 Å². The molecule has 1 saturated carbocycles. The van der Waals surface area contributed by atoms with Gasteiger partial charge in [-0.15, -0.1) is 0 Å². The number of esters is 1. The Morgan fingerprint density at radius 2 is 2.05 bits per heavy atom. The number of methoxy groups -OCH3 is 2. The largest absolute Gasteiger partial charge is 0.497 e. The van der Waals surface area contributed by atoms with Crippen LogP contribution in [0.5, 0.6) is 5.75 Å². The third kappa shape index (κ3) is 5.07. The van der Waals surface area contributed by atoms with Crippen LogP contribution in [-0.4, -0.2) is 55.8 Å². The first kappa shape index (κ1) is 26.0. The number of rotatable bonds is 7. The average molecular weight is 523 g/mol. The molecule has 3 unspecified atom stereocenters. The number of aromatic nitrogens is 2. The second-order valence-corrected chi connectivity index (χ2v) is 10.1. The van der Waals surface area contributed by atoms with Gasteiger partial charge in [0.05, 0.1) is 25.2 Å². The van der Waals surface area contributed by atoms with Gasteiger partial charge in [-0.25, -0.2) is 18.7 Å². The minimum absolute atomic E-state index is 0.157. The number of fused-ring (bicyclic) bond motifs is 2. The highest BCUT2D eigenvalue weighted by Crippen LogP contribution is 2.48. The van der Waals surface area contributed by atoms with Crippen LogP contribution in [0.4, 0.5) is 14.6 Å². The third-order valence-corrected chi connectivity index (χ3v) is 8.00. The first-order valence-electron chi connectivity index (χ1n) is 12.9. The van der Waals surface area contributed by atoms with E-state index in [-0.39, 0.29) is 23.5 Å². The normalized spacial score (nSPS) is 23.4. The van der Waals surface area contributed by atoms with Crippen molar-refractivity contribution in [3.05, 3.63) is 66.0 Å². The number of carbonyl (C=O) groups is 1. The summed E-state index contributed by atoms with van der Waals surface area (Å²) < 4.78 is 38.0. The lowest BCUT2D eigenvalue weighted by Crippen LogP contribution is -2.58. The van der Waals surface area contributed by atoms with E-state index in [1.807, 2.05) is 18.2 Å². The summed E-state index contributed by atoms with van der Waals surface area (Å²) in [6.07, 6.45) is 8.11. The van der Waals surface area contributed by atoms with Gasteiger partial charge in [0.2, 0.25) is 0 Å². The van der Waals surface area contributed by atoms with Gasteiger partial charge < -0.3 is 19.7 Å². The van der Waals surface area contributed by atoms with Gasteiger partial charge in [-0.2, -0.15) is 0 Å². The highest BCUT2D eigenvalue weighted by atomic mass is 19.1. The Hall–Kier alpha value is -3.59. The predicted octanol–water partition coefficient (Wildman–Crippen LogP) is 4.76. The smallest absolute Gasteiger partial charge is 0.313 e. The lowest BCUT2D eigenvalue weighted by Gasteiger charge is -2.51. The molecule has 1 aromatic heterocycles. The van der Waals surface area contributed by atoms with Crippen LogP contribution in [0.25, 0.3) is 17.0 Å². The molecule has 2 aromatic carbocycles. The minimum atomic E-state index is -0.623. The molecule has 0 bridgehead atoms. The van der Waals surface area contributed by atoms with E-state index in [4.69, 9.17) is 9.47 Å². The number of hydrogen-bond acceptors (Lipinski definition) is 7. The third-order valence-electron chi connectivity index (χ3n) is 8.00. The number of anilines is 1. The molecule has 7 nitrogen and oxygen atoms in total. The summed E-state index contributed by atoms with van der Waals surface area (Å²) >= 11 is 0. The van der Waals surface area contributed by atoms with Crippen molar-refractivity contribution >= 4 is 28.8 Å². The monoisotopic (exact) mass is 522 g/mol. The summed E-state index contributed by atoms with van der Waals surface area (Å²) in [5, 5.41) is 4.40. The first-order valence-corrected chi connectivity index (χ1v) is 12.9. The molecular formula is C29H32F2N4O3. The lowest BCUT2D eigenvalue weighted by molar-refractivity contribution is -0.160. The Kier molecular flexibility index (Phi) is 7.56. The quantitative estimate of drug-likeness (QED) is 0.449. The summed E-state index contributed by atoms with van der Waals surface area (Å²) in [7, 11) is 3.09. The van der Waals surface area contributed by atoms with E-state index in [1.54, 1.807) is 25.6 Å². The fourth-order valence-electron chi connectivity index (χ4n) is 6.02.